The zero-order valence-electron chi connectivity index (χ0n) is 5.43. The number of hydrogen-bond acceptors (Lipinski definition) is 3. The number of rotatable bonds is 2. The number of aliphatic hydroxyl groups excluding tert-OH is 1. The molecule has 0 amide bonds. The third-order valence-electron chi connectivity index (χ3n) is 0.724. The van der Waals surface area contributed by atoms with Gasteiger partial charge in [0.15, 0.2) is 5.78 Å². The maximum absolute atomic E-state index is 10.2. The van der Waals surface area contributed by atoms with Gasteiger partial charge in [-0.05, 0) is 13.8 Å². The van der Waals surface area contributed by atoms with E-state index < -0.39 is 0 Å². The zero-order valence-corrected chi connectivity index (χ0v) is 5.43. The van der Waals surface area contributed by atoms with E-state index in [0.717, 1.165) is 6.08 Å². The normalized spacial score (nSPS) is 11.1. The summed E-state index contributed by atoms with van der Waals surface area (Å²) in [5.74, 6) is -0.512. The van der Waals surface area contributed by atoms with Crippen molar-refractivity contribution < 1.29 is 9.90 Å². The SMILES string of the molecule is CC(=N)C(O)=CC(C)=O. The Morgan fingerprint density at radius 2 is 2.00 bits per heavy atom. The highest BCUT2D eigenvalue weighted by Crippen LogP contribution is 1.89. The van der Waals surface area contributed by atoms with Crippen molar-refractivity contribution in [3.8, 4) is 0 Å². The van der Waals surface area contributed by atoms with Gasteiger partial charge in [0.25, 0.3) is 0 Å². The summed E-state index contributed by atoms with van der Waals surface area (Å²) in [6.45, 7) is 2.73. The molecule has 0 radical (unpaired) electrons. The van der Waals surface area contributed by atoms with E-state index >= 15 is 0 Å². The maximum atomic E-state index is 10.2. The molecule has 3 heteroatoms. The minimum Gasteiger partial charge on any atom is -0.506 e. The Hall–Kier alpha value is -1.12. The van der Waals surface area contributed by atoms with Crippen LogP contribution in [-0.2, 0) is 4.79 Å². The molecule has 0 aliphatic rings. The fraction of sp³-hybridized carbons (Fsp3) is 0.333. The number of aliphatic hydroxyl groups is 1. The summed E-state index contributed by atoms with van der Waals surface area (Å²) in [7, 11) is 0. The standard InChI is InChI=1S/C6H9NO2/c1-4(8)3-6(9)5(2)7/h3,7,9H,1-2H3. The average molecular weight is 127 g/mol. The van der Waals surface area contributed by atoms with Crippen LogP contribution in [0.4, 0.5) is 0 Å². The Kier molecular flexibility index (Phi) is 2.64. The van der Waals surface area contributed by atoms with Gasteiger partial charge in [-0.3, -0.25) is 4.79 Å². The lowest BCUT2D eigenvalue weighted by molar-refractivity contribution is -0.112. The van der Waals surface area contributed by atoms with Crippen LogP contribution in [0.2, 0.25) is 0 Å². The van der Waals surface area contributed by atoms with Gasteiger partial charge in [-0.1, -0.05) is 0 Å². The summed E-state index contributed by atoms with van der Waals surface area (Å²) in [4.78, 5) is 10.2. The Morgan fingerprint density at radius 3 is 2.11 bits per heavy atom. The van der Waals surface area contributed by atoms with Crippen molar-refractivity contribution in [2.75, 3.05) is 0 Å². The third kappa shape index (κ3) is 3.46. The number of hydrogen-bond donors (Lipinski definition) is 2. The molecule has 0 saturated heterocycles. The van der Waals surface area contributed by atoms with Gasteiger partial charge in [0.05, 0.1) is 5.71 Å². The van der Waals surface area contributed by atoms with Crippen LogP contribution in [0.25, 0.3) is 0 Å². The van der Waals surface area contributed by atoms with E-state index in [4.69, 9.17) is 10.5 Å². The second-order valence-corrected chi connectivity index (χ2v) is 1.77. The molecule has 0 saturated carbocycles. The molecule has 50 valence electrons. The second kappa shape index (κ2) is 3.02. The summed E-state index contributed by atoms with van der Waals surface area (Å²) in [5.41, 5.74) is 0.00481. The van der Waals surface area contributed by atoms with Crippen LogP contribution >= 0.6 is 0 Å². The Morgan fingerprint density at radius 1 is 1.56 bits per heavy atom. The predicted octanol–water partition coefficient (Wildman–Crippen LogP) is 1.06. The molecule has 0 unspecified atom stereocenters. The van der Waals surface area contributed by atoms with Gasteiger partial charge >= 0.3 is 0 Å². The van der Waals surface area contributed by atoms with Gasteiger partial charge in [-0.2, -0.15) is 0 Å². The van der Waals surface area contributed by atoms with Crippen LogP contribution in [0.3, 0.4) is 0 Å². The first-order valence-corrected chi connectivity index (χ1v) is 2.51. The van der Waals surface area contributed by atoms with E-state index in [1.54, 1.807) is 0 Å². The van der Waals surface area contributed by atoms with E-state index in [9.17, 15) is 4.79 Å². The molecular formula is C6H9NO2. The molecule has 3 nitrogen and oxygen atoms in total. The van der Waals surface area contributed by atoms with Gasteiger partial charge in [0.1, 0.15) is 5.76 Å². The third-order valence-corrected chi connectivity index (χ3v) is 0.724. The molecular weight excluding hydrogens is 118 g/mol. The minimum absolute atomic E-state index is 0.00481. The Labute approximate surface area is 53.5 Å². The molecule has 0 aromatic heterocycles. The number of nitrogens with one attached hydrogen (secondary N) is 1. The van der Waals surface area contributed by atoms with Gasteiger partial charge in [0, 0.05) is 6.08 Å². The van der Waals surface area contributed by atoms with E-state index in [-0.39, 0.29) is 17.3 Å². The fourth-order valence-electron chi connectivity index (χ4n) is 0.301. The highest BCUT2D eigenvalue weighted by molar-refractivity contribution is 6.00. The fourth-order valence-corrected chi connectivity index (χ4v) is 0.301. The lowest BCUT2D eigenvalue weighted by atomic mass is 10.3. The molecule has 0 rings (SSSR count). The average Bonchev–Trinajstić information content (AvgIpc) is 1.63. The van der Waals surface area contributed by atoms with Gasteiger partial charge in [0.2, 0.25) is 0 Å². The van der Waals surface area contributed by atoms with Gasteiger partial charge in [-0.25, -0.2) is 0 Å². The van der Waals surface area contributed by atoms with Crippen molar-refractivity contribution in [1.82, 2.24) is 0 Å². The highest BCUT2D eigenvalue weighted by Gasteiger charge is 1.95. The quantitative estimate of drug-likeness (QED) is 0.331. The lowest BCUT2D eigenvalue weighted by Crippen LogP contribution is -1.96. The first-order valence-electron chi connectivity index (χ1n) is 2.51. The molecule has 0 spiro atoms. The lowest BCUT2D eigenvalue weighted by Gasteiger charge is -1.90. The first-order chi connectivity index (χ1) is 4.04. The summed E-state index contributed by atoms with van der Waals surface area (Å²) >= 11 is 0. The maximum Gasteiger partial charge on any atom is 0.156 e. The molecule has 2 N–H and O–H groups in total. The predicted molar refractivity (Wildman–Crippen MR) is 34.8 cm³/mol. The van der Waals surface area contributed by atoms with Crippen LogP contribution < -0.4 is 0 Å². The van der Waals surface area contributed by atoms with Crippen LogP contribution in [0.1, 0.15) is 13.8 Å². The Balaban J connectivity index is 4.17. The highest BCUT2D eigenvalue weighted by atomic mass is 16.3. The zero-order chi connectivity index (χ0) is 7.44. The number of carbonyl (C=O) groups excluding carboxylic acids is 1. The molecule has 0 fully saturated rings. The van der Waals surface area contributed by atoms with E-state index in [0.29, 0.717) is 0 Å². The molecule has 0 atom stereocenters. The van der Waals surface area contributed by atoms with E-state index in [1.807, 2.05) is 0 Å². The van der Waals surface area contributed by atoms with Crippen molar-refractivity contribution in [3.05, 3.63) is 11.8 Å². The molecule has 0 aliphatic carbocycles. The number of allylic oxidation sites excluding steroid dienone is 2. The first kappa shape index (κ1) is 7.88. The van der Waals surface area contributed by atoms with Crippen molar-refractivity contribution in [2.45, 2.75) is 13.8 Å². The molecule has 0 bridgehead atoms. The van der Waals surface area contributed by atoms with Crippen molar-refractivity contribution in [2.24, 2.45) is 0 Å². The number of carbonyl (C=O) groups is 1. The molecule has 0 heterocycles. The summed E-state index contributed by atoms with van der Waals surface area (Å²) < 4.78 is 0. The van der Waals surface area contributed by atoms with Gasteiger partial charge in [-0.15, -0.1) is 0 Å². The summed E-state index contributed by atoms with van der Waals surface area (Å²) in [6.07, 6.45) is 1.02. The van der Waals surface area contributed by atoms with E-state index in [1.165, 1.54) is 13.8 Å². The topological polar surface area (TPSA) is 61.1 Å². The van der Waals surface area contributed by atoms with Gasteiger partial charge < -0.3 is 10.5 Å². The minimum atomic E-state index is -0.262. The van der Waals surface area contributed by atoms with Crippen LogP contribution in [0.5, 0.6) is 0 Å². The largest absolute Gasteiger partial charge is 0.506 e. The van der Waals surface area contributed by atoms with Crippen LogP contribution in [0.15, 0.2) is 11.8 Å². The smallest absolute Gasteiger partial charge is 0.156 e. The number of ketones is 1. The summed E-state index contributed by atoms with van der Waals surface area (Å²) in [5, 5.41) is 15.5. The molecule has 0 aliphatic heterocycles. The molecule has 0 aromatic rings. The van der Waals surface area contributed by atoms with Crippen molar-refractivity contribution >= 4 is 11.5 Å². The Bertz CT molecular complexity index is 170. The van der Waals surface area contributed by atoms with Crippen LogP contribution in [0, 0.1) is 5.41 Å². The van der Waals surface area contributed by atoms with Crippen molar-refractivity contribution in [1.29, 1.82) is 5.41 Å². The summed E-state index contributed by atoms with van der Waals surface area (Å²) in [6, 6.07) is 0. The molecule has 0 aromatic carbocycles. The van der Waals surface area contributed by atoms with Crippen molar-refractivity contribution in [3.63, 3.8) is 0 Å². The monoisotopic (exact) mass is 127 g/mol. The van der Waals surface area contributed by atoms with E-state index in [2.05, 4.69) is 0 Å². The van der Waals surface area contributed by atoms with Crippen LogP contribution in [-0.4, -0.2) is 16.6 Å². The molecule has 9 heavy (non-hydrogen) atoms. The second-order valence-electron chi connectivity index (χ2n) is 1.77.